The van der Waals surface area contributed by atoms with Crippen LogP contribution in [0.5, 0.6) is 0 Å². The number of hydrogen-bond acceptors (Lipinski definition) is 3. The number of halogens is 1. The Morgan fingerprint density at radius 3 is 3.00 bits per heavy atom. The maximum Gasteiger partial charge on any atom is 0.0834 e. The summed E-state index contributed by atoms with van der Waals surface area (Å²) in [5.41, 5.74) is 6.82. The molecule has 1 unspecified atom stereocenters. The van der Waals surface area contributed by atoms with Crippen molar-refractivity contribution in [1.29, 1.82) is 0 Å². The molecule has 0 bridgehead atoms. The number of rotatable bonds is 5. The lowest BCUT2D eigenvalue weighted by molar-refractivity contribution is 0.182. The van der Waals surface area contributed by atoms with Gasteiger partial charge < -0.3 is 10.5 Å². The number of nitrogens with zero attached hydrogens (tertiary/aromatic N) is 2. The van der Waals surface area contributed by atoms with Gasteiger partial charge in [-0.1, -0.05) is 18.5 Å². The highest BCUT2D eigenvalue weighted by molar-refractivity contribution is 6.31. The van der Waals surface area contributed by atoms with Gasteiger partial charge in [-0.2, -0.15) is 5.10 Å². The summed E-state index contributed by atoms with van der Waals surface area (Å²) in [4.78, 5) is 0. The van der Waals surface area contributed by atoms with E-state index in [4.69, 9.17) is 22.1 Å². The summed E-state index contributed by atoms with van der Waals surface area (Å²) in [6.45, 7) is 3.32. The summed E-state index contributed by atoms with van der Waals surface area (Å²) >= 11 is 5.99. The molecular formula is C9H16ClN3O. The zero-order valence-corrected chi connectivity index (χ0v) is 9.29. The van der Waals surface area contributed by atoms with Crippen molar-refractivity contribution in [2.45, 2.75) is 25.9 Å². The van der Waals surface area contributed by atoms with E-state index in [2.05, 4.69) is 5.10 Å². The van der Waals surface area contributed by atoms with Gasteiger partial charge in [-0.25, -0.2) is 0 Å². The lowest BCUT2D eigenvalue weighted by Gasteiger charge is -2.12. The van der Waals surface area contributed by atoms with Crippen molar-refractivity contribution in [2.75, 3.05) is 13.7 Å². The first-order valence-corrected chi connectivity index (χ1v) is 5.04. The third kappa shape index (κ3) is 2.47. The Balaban J connectivity index is 2.82. The molecule has 0 aliphatic carbocycles. The van der Waals surface area contributed by atoms with Gasteiger partial charge in [0, 0.05) is 13.2 Å². The first-order chi connectivity index (χ1) is 6.70. The van der Waals surface area contributed by atoms with E-state index in [1.54, 1.807) is 18.0 Å². The van der Waals surface area contributed by atoms with Gasteiger partial charge in [0.1, 0.15) is 0 Å². The predicted molar refractivity (Wildman–Crippen MR) is 56.3 cm³/mol. The second-order valence-electron chi connectivity index (χ2n) is 3.11. The minimum Gasteiger partial charge on any atom is -0.383 e. The molecule has 1 aromatic rings. The standard InChI is InChI=1S/C9H16ClN3O/c1-3-8(11)9-7(10)6-12-13(9)4-5-14-2/h6,8H,3-5,11H2,1-2H3. The Labute approximate surface area is 89.0 Å². The molecule has 0 saturated heterocycles. The van der Waals surface area contributed by atoms with E-state index >= 15 is 0 Å². The summed E-state index contributed by atoms with van der Waals surface area (Å²) in [5, 5.41) is 4.78. The van der Waals surface area contributed by atoms with E-state index in [1.165, 1.54) is 0 Å². The Morgan fingerprint density at radius 2 is 2.43 bits per heavy atom. The van der Waals surface area contributed by atoms with Crippen LogP contribution in [0.2, 0.25) is 5.02 Å². The molecule has 4 nitrogen and oxygen atoms in total. The third-order valence-electron chi connectivity index (χ3n) is 2.13. The summed E-state index contributed by atoms with van der Waals surface area (Å²) in [5.74, 6) is 0. The van der Waals surface area contributed by atoms with Gasteiger partial charge in [0.2, 0.25) is 0 Å². The van der Waals surface area contributed by atoms with Gasteiger partial charge in [0.25, 0.3) is 0 Å². The van der Waals surface area contributed by atoms with Crippen LogP contribution < -0.4 is 5.73 Å². The van der Waals surface area contributed by atoms with Crippen molar-refractivity contribution in [3.8, 4) is 0 Å². The Kier molecular flexibility index (Phi) is 4.38. The zero-order chi connectivity index (χ0) is 10.6. The van der Waals surface area contributed by atoms with Crippen molar-refractivity contribution in [1.82, 2.24) is 9.78 Å². The monoisotopic (exact) mass is 217 g/mol. The average molecular weight is 218 g/mol. The average Bonchev–Trinajstić information content (AvgIpc) is 2.55. The molecule has 0 aliphatic heterocycles. The lowest BCUT2D eigenvalue weighted by Crippen LogP contribution is -2.17. The Morgan fingerprint density at radius 1 is 1.71 bits per heavy atom. The number of methoxy groups -OCH3 is 1. The molecule has 0 radical (unpaired) electrons. The van der Waals surface area contributed by atoms with E-state index in [1.807, 2.05) is 6.92 Å². The topological polar surface area (TPSA) is 53.1 Å². The van der Waals surface area contributed by atoms with E-state index < -0.39 is 0 Å². The molecule has 14 heavy (non-hydrogen) atoms. The van der Waals surface area contributed by atoms with Gasteiger partial charge in [-0.05, 0) is 6.42 Å². The van der Waals surface area contributed by atoms with Crippen LogP contribution in [0.1, 0.15) is 25.1 Å². The van der Waals surface area contributed by atoms with Gasteiger partial charge in [0.15, 0.2) is 0 Å². The molecule has 5 heteroatoms. The summed E-state index contributed by atoms with van der Waals surface area (Å²) in [6, 6.07) is -0.0538. The van der Waals surface area contributed by atoms with Gasteiger partial charge in [-0.15, -0.1) is 0 Å². The van der Waals surface area contributed by atoms with E-state index in [0.717, 1.165) is 12.1 Å². The highest BCUT2D eigenvalue weighted by Gasteiger charge is 2.14. The zero-order valence-electron chi connectivity index (χ0n) is 8.53. The molecule has 0 amide bonds. The number of hydrogen-bond donors (Lipinski definition) is 1. The van der Waals surface area contributed by atoms with Crippen molar-refractivity contribution in [2.24, 2.45) is 5.73 Å². The van der Waals surface area contributed by atoms with Crippen LogP contribution in [0.4, 0.5) is 0 Å². The smallest absolute Gasteiger partial charge is 0.0834 e. The summed E-state index contributed by atoms with van der Waals surface area (Å²) in [6.07, 6.45) is 2.47. The molecule has 80 valence electrons. The van der Waals surface area contributed by atoms with E-state index in [0.29, 0.717) is 18.2 Å². The van der Waals surface area contributed by atoms with Crippen LogP contribution in [0.15, 0.2) is 6.20 Å². The largest absolute Gasteiger partial charge is 0.383 e. The minimum atomic E-state index is -0.0538. The van der Waals surface area contributed by atoms with Crippen molar-refractivity contribution >= 4 is 11.6 Å². The molecule has 0 aliphatic rings. The van der Waals surface area contributed by atoms with Gasteiger partial charge in [-0.3, -0.25) is 4.68 Å². The molecule has 1 heterocycles. The van der Waals surface area contributed by atoms with Crippen molar-refractivity contribution in [3.05, 3.63) is 16.9 Å². The highest BCUT2D eigenvalue weighted by atomic mass is 35.5. The molecule has 1 atom stereocenters. The van der Waals surface area contributed by atoms with E-state index in [9.17, 15) is 0 Å². The van der Waals surface area contributed by atoms with Crippen molar-refractivity contribution in [3.63, 3.8) is 0 Å². The number of aromatic nitrogens is 2. The van der Waals surface area contributed by atoms with E-state index in [-0.39, 0.29) is 6.04 Å². The second-order valence-corrected chi connectivity index (χ2v) is 3.52. The molecule has 2 N–H and O–H groups in total. The van der Waals surface area contributed by atoms with Crippen LogP contribution >= 0.6 is 11.6 Å². The Hall–Kier alpha value is -0.580. The van der Waals surface area contributed by atoms with Crippen LogP contribution in [-0.2, 0) is 11.3 Å². The van der Waals surface area contributed by atoms with Crippen LogP contribution in [-0.4, -0.2) is 23.5 Å². The quantitative estimate of drug-likeness (QED) is 0.815. The highest BCUT2D eigenvalue weighted by Crippen LogP contribution is 2.22. The summed E-state index contributed by atoms with van der Waals surface area (Å²) < 4.78 is 6.78. The molecule has 0 fully saturated rings. The van der Waals surface area contributed by atoms with Crippen molar-refractivity contribution < 1.29 is 4.74 Å². The fourth-order valence-corrected chi connectivity index (χ4v) is 1.57. The molecule has 0 saturated carbocycles. The number of ether oxygens (including phenoxy) is 1. The molecular weight excluding hydrogens is 202 g/mol. The third-order valence-corrected chi connectivity index (χ3v) is 2.42. The maximum absolute atomic E-state index is 5.99. The Bertz CT molecular complexity index is 288. The molecule has 1 aromatic heterocycles. The first kappa shape index (κ1) is 11.5. The first-order valence-electron chi connectivity index (χ1n) is 4.66. The SMILES string of the molecule is CCC(N)c1c(Cl)cnn1CCOC. The van der Waals surface area contributed by atoms with Gasteiger partial charge >= 0.3 is 0 Å². The normalized spacial score (nSPS) is 13.1. The maximum atomic E-state index is 5.99. The summed E-state index contributed by atoms with van der Waals surface area (Å²) in [7, 11) is 1.66. The predicted octanol–water partition coefficient (Wildman–Crippen LogP) is 1.59. The van der Waals surface area contributed by atoms with Crippen LogP contribution in [0.3, 0.4) is 0 Å². The number of nitrogens with two attached hydrogens (primary N) is 1. The van der Waals surface area contributed by atoms with Gasteiger partial charge in [0.05, 0.1) is 30.1 Å². The molecule has 0 aromatic carbocycles. The fourth-order valence-electron chi connectivity index (χ4n) is 1.29. The van der Waals surface area contributed by atoms with Crippen LogP contribution in [0, 0.1) is 0 Å². The lowest BCUT2D eigenvalue weighted by atomic mass is 10.2. The minimum absolute atomic E-state index is 0.0538. The second kappa shape index (κ2) is 5.34. The molecule has 0 spiro atoms. The van der Waals surface area contributed by atoms with Crippen LogP contribution in [0.25, 0.3) is 0 Å². The molecule has 1 rings (SSSR count). The fraction of sp³-hybridized carbons (Fsp3) is 0.667.